The lowest BCUT2D eigenvalue weighted by Gasteiger charge is -2.21. The topological polar surface area (TPSA) is 43.1 Å². The standard InChI is InChI=1S/C20H20ClNO/c21-17-8-4-3-7-16(17)20(9-10-20)18(23)12-14-11-13-5-1-2-6-15(13)19(14)22/h1-8,14,19H,9-12,22H2/t14-,19-/m1/s1. The summed E-state index contributed by atoms with van der Waals surface area (Å²) < 4.78 is 0. The number of fused-ring (bicyclic) bond motifs is 1. The van der Waals surface area contributed by atoms with Gasteiger partial charge in [-0.25, -0.2) is 0 Å². The molecular formula is C20H20ClNO. The Hall–Kier alpha value is -1.64. The van der Waals surface area contributed by atoms with E-state index in [1.807, 2.05) is 36.4 Å². The molecule has 2 aliphatic carbocycles. The van der Waals surface area contributed by atoms with Crippen molar-refractivity contribution in [3.63, 3.8) is 0 Å². The van der Waals surface area contributed by atoms with Crippen molar-refractivity contribution in [2.24, 2.45) is 11.7 Å². The van der Waals surface area contributed by atoms with E-state index in [9.17, 15) is 4.79 Å². The van der Waals surface area contributed by atoms with Crippen LogP contribution in [0.1, 0.15) is 42.0 Å². The number of benzene rings is 2. The molecule has 23 heavy (non-hydrogen) atoms. The van der Waals surface area contributed by atoms with Gasteiger partial charge in [0.15, 0.2) is 0 Å². The summed E-state index contributed by atoms with van der Waals surface area (Å²) in [5.41, 5.74) is 9.53. The zero-order chi connectivity index (χ0) is 16.0. The van der Waals surface area contributed by atoms with Crippen LogP contribution in [0.4, 0.5) is 0 Å². The first-order valence-electron chi connectivity index (χ1n) is 8.23. The van der Waals surface area contributed by atoms with Gasteiger partial charge in [0.2, 0.25) is 0 Å². The SMILES string of the molecule is N[C@H]1c2ccccc2C[C@@H]1CC(=O)C1(c2ccccc2Cl)CC1. The van der Waals surface area contributed by atoms with Gasteiger partial charge in [-0.1, -0.05) is 54.1 Å². The van der Waals surface area contributed by atoms with Gasteiger partial charge in [-0.05, 0) is 47.9 Å². The number of carbonyl (C=O) groups is 1. The third-order valence-corrected chi connectivity index (χ3v) is 5.85. The quantitative estimate of drug-likeness (QED) is 0.915. The zero-order valence-electron chi connectivity index (χ0n) is 13.0. The van der Waals surface area contributed by atoms with E-state index in [0.29, 0.717) is 17.2 Å². The highest BCUT2D eigenvalue weighted by Crippen LogP contribution is 2.53. The van der Waals surface area contributed by atoms with E-state index >= 15 is 0 Å². The van der Waals surface area contributed by atoms with Crippen LogP contribution in [0.25, 0.3) is 0 Å². The summed E-state index contributed by atoms with van der Waals surface area (Å²) in [5.74, 6) is 0.513. The molecule has 1 saturated carbocycles. The highest BCUT2D eigenvalue weighted by Gasteiger charge is 2.52. The summed E-state index contributed by atoms with van der Waals surface area (Å²) in [6, 6.07) is 16.0. The second-order valence-corrected chi connectivity index (χ2v) is 7.29. The summed E-state index contributed by atoms with van der Waals surface area (Å²) in [6.07, 6.45) is 3.26. The highest BCUT2D eigenvalue weighted by atomic mass is 35.5. The number of Topliss-reactive ketones (excluding diaryl/α,β-unsaturated/α-hetero) is 1. The molecule has 2 aliphatic rings. The summed E-state index contributed by atoms with van der Waals surface area (Å²) in [7, 11) is 0. The van der Waals surface area contributed by atoms with Crippen molar-refractivity contribution in [3.8, 4) is 0 Å². The van der Waals surface area contributed by atoms with Crippen LogP contribution in [0.3, 0.4) is 0 Å². The average molecular weight is 326 g/mol. The van der Waals surface area contributed by atoms with Crippen LogP contribution in [-0.4, -0.2) is 5.78 Å². The molecule has 2 aromatic carbocycles. The lowest BCUT2D eigenvalue weighted by molar-refractivity contribution is -0.122. The van der Waals surface area contributed by atoms with E-state index in [4.69, 9.17) is 17.3 Å². The molecule has 0 unspecified atom stereocenters. The Morgan fingerprint density at radius 1 is 1.13 bits per heavy atom. The van der Waals surface area contributed by atoms with E-state index in [-0.39, 0.29) is 17.4 Å². The van der Waals surface area contributed by atoms with Crippen molar-refractivity contribution in [1.29, 1.82) is 0 Å². The molecule has 0 bridgehead atoms. The van der Waals surface area contributed by atoms with Crippen LogP contribution in [0.15, 0.2) is 48.5 Å². The Morgan fingerprint density at radius 3 is 2.52 bits per heavy atom. The highest BCUT2D eigenvalue weighted by molar-refractivity contribution is 6.31. The maximum absolute atomic E-state index is 13.0. The minimum atomic E-state index is -0.354. The van der Waals surface area contributed by atoms with E-state index < -0.39 is 0 Å². The molecule has 0 aromatic heterocycles. The molecule has 3 heteroatoms. The van der Waals surface area contributed by atoms with Gasteiger partial charge in [-0.2, -0.15) is 0 Å². The average Bonchev–Trinajstić information content (AvgIpc) is 3.30. The maximum atomic E-state index is 13.0. The molecule has 2 N–H and O–H groups in total. The predicted molar refractivity (Wildman–Crippen MR) is 92.6 cm³/mol. The lowest BCUT2D eigenvalue weighted by atomic mass is 9.84. The molecule has 0 saturated heterocycles. The fourth-order valence-corrected chi connectivity index (χ4v) is 4.33. The molecule has 0 spiro atoms. The van der Waals surface area contributed by atoms with Gasteiger partial charge in [0.05, 0.1) is 5.41 Å². The molecule has 4 rings (SSSR count). The first-order valence-corrected chi connectivity index (χ1v) is 8.61. The fraction of sp³-hybridized carbons (Fsp3) is 0.350. The smallest absolute Gasteiger partial charge is 0.143 e. The van der Waals surface area contributed by atoms with Gasteiger partial charge >= 0.3 is 0 Å². The van der Waals surface area contributed by atoms with Crippen molar-refractivity contribution >= 4 is 17.4 Å². The van der Waals surface area contributed by atoms with Crippen LogP contribution in [-0.2, 0) is 16.6 Å². The van der Waals surface area contributed by atoms with E-state index in [0.717, 1.165) is 24.8 Å². The molecular weight excluding hydrogens is 306 g/mol. The number of hydrogen-bond donors (Lipinski definition) is 1. The molecule has 118 valence electrons. The molecule has 0 heterocycles. The van der Waals surface area contributed by atoms with Crippen LogP contribution in [0.2, 0.25) is 5.02 Å². The number of ketones is 1. The Balaban J connectivity index is 1.55. The van der Waals surface area contributed by atoms with Gasteiger partial charge in [0.1, 0.15) is 5.78 Å². The lowest BCUT2D eigenvalue weighted by Crippen LogP contribution is -2.27. The van der Waals surface area contributed by atoms with Crippen molar-refractivity contribution in [2.75, 3.05) is 0 Å². The number of halogens is 1. The number of hydrogen-bond acceptors (Lipinski definition) is 2. The van der Waals surface area contributed by atoms with E-state index in [1.165, 1.54) is 11.1 Å². The first-order chi connectivity index (χ1) is 11.1. The van der Waals surface area contributed by atoms with Crippen molar-refractivity contribution < 1.29 is 4.79 Å². The molecule has 0 radical (unpaired) electrons. The molecule has 0 amide bonds. The molecule has 2 nitrogen and oxygen atoms in total. The summed E-state index contributed by atoms with van der Waals surface area (Å²) in [5, 5.41) is 0.706. The zero-order valence-corrected chi connectivity index (χ0v) is 13.7. The van der Waals surface area contributed by atoms with Crippen LogP contribution < -0.4 is 5.73 Å². The fourth-order valence-electron chi connectivity index (χ4n) is 4.01. The normalized spacial score (nSPS) is 24.3. The Kier molecular flexibility index (Phi) is 3.55. The van der Waals surface area contributed by atoms with Crippen molar-refractivity contribution in [1.82, 2.24) is 0 Å². The minimum absolute atomic E-state index is 0.0304. The molecule has 1 fully saturated rings. The van der Waals surface area contributed by atoms with Crippen LogP contribution in [0.5, 0.6) is 0 Å². The van der Waals surface area contributed by atoms with Gasteiger partial charge < -0.3 is 5.73 Å². The molecule has 0 aliphatic heterocycles. The van der Waals surface area contributed by atoms with E-state index in [2.05, 4.69) is 12.1 Å². The molecule has 2 aromatic rings. The Labute approximate surface area is 141 Å². The van der Waals surface area contributed by atoms with E-state index in [1.54, 1.807) is 0 Å². The second-order valence-electron chi connectivity index (χ2n) is 6.88. The van der Waals surface area contributed by atoms with Gasteiger partial charge in [0, 0.05) is 17.5 Å². The third-order valence-electron chi connectivity index (χ3n) is 5.52. The van der Waals surface area contributed by atoms with Crippen molar-refractivity contribution in [3.05, 3.63) is 70.2 Å². The molecule has 2 atom stereocenters. The van der Waals surface area contributed by atoms with Gasteiger partial charge in [-0.3, -0.25) is 4.79 Å². The largest absolute Gasteiger partial charge is 0.324 e. The maximum Gasteiger partial charge on any atom is 0.143 e. The van der Waals surface area contributed by atoms with Crippen LogP contribution in [0, 0.1) is 5.92 Å². The number of rotatable bonds is 4. The summed E-state index contributed by atoms with van der Waals surface area (Å²) >= 11 is 6.33. The predicted octanol–water partition coefficient (Wildman–Crippen LogP) is 4.20. The van der Waals surface area contributed by atoms with Gasteiger partial charge in [-0.15, -0.1) is 0 Å². The third kappa shape index (κ3) is 2.41. The van der Waals surface area contributed by atoms with Crippen LogP contribution >= 0.6 is 11.6 Å². The number of nitrogens with two attached hydrogens (primary N) is 1. The Morgan fingerprint density at radius 2 is 1.83 bits per heavy atom. The minimum Gasteiger partial charge on any atom is -0.324 e. The second kappa shape index (κ2) is 5.47. The monoisotopic (exact) mass is 325 g/mol. The van der Waals surface area contributed by atoms with Gasteiger partial charge in [0.25, 0.3) is 0 Å². The number of carbonyl (C=O) groups excluding carboxylic acids is 1. The summed E-state index contributed by atoms with van der Waals surface area (Å²) in [6.45, 7) is 0. The first kappa shape index (κ1) is 14.9. The van der Waals surface area contributed by atoms with Crippen molar-refractivity contribution in [2.45, 2.75) is 37.1 Å². The summed E-state index contributed by atoms with van der Waals surface area (Å²) in [4.78, 5) is 13.0. The Bertz CT molecular complexity index is 766.